The van der Waals surface area contributed by atoms with Crippen LogP contribution in [0.1, 0.15) is 52.9 Å². The van der Waals surface area contributed by atoms with Gasteiger partial charge in [-0.25, -0.2) is 4.79 Å². The van der Waals surface area contributed by atoms with Gasteiger partial charge in [0.1, 0.15) is 11.8 Å². The first-order valence-corrected chi connectivity index (χ1v) is 10.4. The van der Waals surface area contributed by atoms with E-state index in [2.05, 4.69) is 20.9 Å². The Bertz CT molecular complexity index is 1100. The predicted molar refractivity (Wildman–Crippen MR) is 100 cm³/mol. The summed E-state index contributed by atoms with van der Waals surface area (Å²) in [6.45, 7) is 0. The lowest BCUT2D eigenvalue weighted by atomic mass is 9.96. The number of benzene rings is 1. The zero-order valence-corrected chi connectivity index (χ0v) is 18.1. The van der Waals surface area contributed by atoms with Crippen molar-refractivity contribution in [2.24, 2.45) is 0 Å². The molecule has 0 aliphatic carbocycles. The largest absolute Gasteiger partial charge is 0.439 e. The van der Waals surface area contributed by atoms with Crippen molar-refractivity contribution >= 4 is 22.0 Å². The van der Waals surface area contributed by atoms with E-state index in [4.69, 9.17) is 4.74 Å². The molecule has 2 fully saturated rings. The highest BCUT2D eigenvalue weighted by Gasteiger charge is 2.52. The summed E-state index contributed by atoms with van der Waals surface area (Å²) in [5.41, 5.74) is -4.80. The molecule has 2 saturated heterocycles. The molecule has 0 radical (unpaired) electrons. The summed E-state index contributed by atoms with van der Waals surface area (Å²) in [7, 11) is 0. The molecule has 1 amide bonds. The van der Waals surface area contributed by atoms with Gasteiger partial charge in [0.25, 0.3) is 0 Å². The van der Waals surface area contributed by atoms with Gasteiger partial charge in [0.15, 0.2) is 0 Å². The van der Waals surface area contributed by atoms with E-state index in [-0.39, 0.29) is 28.9 Å². The van der Waals surface area contributed by atoms with Crippen molar-refractivity contribution in [2.45, 2.75) is 49.6 Å². The molecule has 2 aliphatic rings. The van der Waals surface area contributed by atoms with Gasteiger partial charge in [-0.2, -0.15) is 39.5 Å². The molecular formula is C20H12BrF9N2O2. The monoisotopic (exact) mass is 562 g/mol. The number of alkyl halides is 9. The number of cyclic esters (lactones) is 1. The number of ether oxygens (including phenoxy) is 1. The summed E-state index contributed by atoms with van der Waals surface area (Å²) in [6.07, 6.45) is -16.4. The Hall–Kier alpha value is -2.51. The number of halogens is 10. The van der Waals surface area contributed by atoms with E-state index in [1.54, 1.807) is 0 Å². The number of carbonyl (C=O) groups excluding carboxylic acids is 1. The van der Waals surface area contributed by atoms with Crippen molar-refractivity contribution in [3.05, 3.63) is 62.9 Å². The molecular weight excluding hydrogens is 551 g/mol. The zero-order valence-electron chi connectivity index (χ0n) is 16.5. The van der Waals surface area contributed by atoms with Gasteiger partial charge in [0.2, 0.25) is 0 Å². The Morgan fingerprint density at radius 2 is 1.47 bits per heavy atom. The second-order valence-corrected chi connectivity index (χ2v) is 8.65. The topological polar surface area (TPSA) is 42.4 Å². The molecule has 0 N–H and O–H groups in total. The first-order chi connectivity index (χ1) is 15.6. The number of carbonyl (C=O) groups is 1. The molecule has 14 heteroatoms. The molecule has 3 atom stereocenters. The third-order valence-corrected chi connectivity index (χ3v) is 6.35. The van der Waals surface area contributed by atoms with Gasteiger partial charge in [-0.3, -0.25) is 9.88 Å². The lowest BCUT2D eigenvalue weighted by Gasteiger charge is -2.24. The van der Waals surface area contributed by atoms with Crippen LogP contribution in [0, 0.1) is 0 Å². The second-order valence-electron chi connectivity index (χ2n) is 7.80. The molecule has 34 heavy (non-hydrogen) atoms. The average molecular weight is 563 g/mol. The molecule has 1 aromatic carbocycles. The fraction of sp³-hybridized carbons (Fsp3) is 0.400. The fourth-order valence-corrected chi connectivity index (χ4v) is 4.73. The lowest BCUT2D eigenvalue weighted by molar-refractivity contribution is -0.143. The number of rotatable bonds is 2. The van der Waals surface area contributed by atoms with Crippen LogP contribution in [0.5, 0.6) is 0 Å². The molecule has 4 nitrogen and oxygen atoms in total. The first kappa shape index (κ1) is 24.6. The number of fused-ring (bicyclic) bond motifs is 1. The van der Waals surface area contributed by atoms with E-state index in [1.165, 1.54) is 0 Å². The highest BCUT2D eigenvalue weighted by Crippen LogP contribution is 2.50. The van der Waals surface area contributed by atoms with E-state index >= 15 is 0 Å². The van der Waals surface area contributed by atoms with Gasteiger partial charge >= 0.3 is 24.6 Å². The van der Waals surface area contributed by atoms with Crippen molar-refractivity contribution in [1.29, 1.82) is 0 Å². The van der Waals surface area contributed by atoms with E-state index < -0.39 is 65.2 Å². The minimum absolute atomic E-state index is 0.0394. The lowest BCUT2D eigenvalue weighted by Crippen LogP contribution is -2.31. The standard InChI is InChI=1S/C20H12BrF9N2O2/c21-12-7-31-15(20(28,29)30)6-11(12)13-1-2-14-16(34-17(33)32(13)14)8-3-9(18(22,23)24)5-10(4-8)19(25,26)27/h3-7,13-14,16H,1-2H2/t13-,14-,16+/m0/s1. The van der Waals surface area contributed by atoms with Crippen molar-refractivity contribution in [3.8, 4) is 0 Å². The minimum Gasteiger partial charge on any atom is -0.439 e. The maximum absolute atomic E-state index is 13.2. The van der Waals surface area contributed by atoms with Crippen LogP contribution in [0.15, 0.2) is 34.9 Å². The molecule has 2 aliphatic heterocycles. The molecule has 0 bridgehead atoms. The van der Waals surface area contributed by atoms with Crippen LogP contribution < -0.4 is 0 Å². The summed E-state index contributed by atoms with van der Waals surface area (Å²) in [6, 6.07) is -0.265. The molecule has 3 heterocycles. The summed E-state index contributed by atoms with van der Waals surface area (Å²) in [5, 5.41) is 0. The van der Waals surface area contributed by atoms with Crippen molar-refractivity contribution in [2.75, 3.05) is 0 Å². The number of amides is 1. The molecule has 2 aromatic rings. The first-order valence-electron chi connectivity index (χ1n) is 9.58. The molecule has 1 aromatic heterocycles. The minimum atomic E-state index is -5.09. The molecule has 0 spiro atoms. The van der Waals surface area contributed by atoms with Gasteiger partial charge in [-0.1, -0.05) is 0 Å². The maximum atomic E-state index is 13.2. The molecule has 4 rings (SSSR count). The van der Waals surface area contributed by atoms with Crippen molar-refractivity contribution < 1.29 is 49.0 Å². The van der Waals surface area contributed by atoms with Crippen LogP contribution in [-0.4, -0.2) is 22.0 Å². The number of aromatic nitrogens is 1. The van der Waals surface area contributed by atoms with Gasteiger partial charge in [0.05, 0.1) is 23.2 Å². The number of nitrogens with zero attached hydrogens (tertiary/aromatic N) is 2. The van der Waals surface area contributed by atoms with Gasteiger partial charge in [-0.05, 0) is 64.2 Å². The van der Waals surface area contributed by atoms with Crippen LogP contribution in [0.3, 0.4) is 0 Å². The quantitative estimate of drug-likeness (QED) is 0.361. The number of hydrogen-bond donors (Lipinski definition) is 0. The molecule has 0 saturated carbocycles. The summed E-state index contributed by atoms with van der Waals surface area (Å²) in [4.78, 5) is 16.9. The van der Waals surface area contributed by atoms with E-state index in [9.17, 15) is 44.3 Å². The Kier molecular flexibility index (Phi) is 5.81. The van der Waals surface area contributed by atoms with Crippen molar-refractivity contribution in [3.63, 3.8) is 0 Å². The van der Waals surface area contributed by atoms with E-state index in [0.29, 0.717) is 12.1 Å². The molecule has 184 valence electrons. The van der Waals surface area contributed by atoms with E-state index in [1.807, 2.05) is 0 Å². The van der Waals surface area contributed by atoms with Crippen LogP contribution in [0.25, 0.3) is 0 Å². The zero-order chi connectivity index (χ0) is 25.2. The van der Waals surface area contributed by atoms with Gasteiger partial charge < -0.3 is 4.74 Å². The Labute approximate surface area is 193 Å². The van der Waals surface area contributed by atoms with Crippen LogP contribution in [-0.2, 0) is 23.3 Å². The molecule has 0 unspecified atom stereocenters. The smallest absolute Gasteiger partial charge is 0.433 e. The third-order valence-electron chi connectivity index (χ3n) is 5.69. The van der Waals surface area contributed by atoms with Gasteiger partial charge in [-0.15, -0.1) is 0 Å². The normalized spacial score (nSPS) is 23.3. The highest BCUT2D eigenvalue weighted by atomic mass is 79.9. The van der Waals surface area contributed by atoms with E-state index in [0.717, 1.165) is 17.2 Å². The fourth-order valence-electron chi connectivity index (χ4n) is 4.25. The maximum Gasteiger partial charge on any atom is 0.433 e. The highest BCUT2D eigenvalue weighted by molar-refractivity contribution is 9.10. The van der Waals surface area contributed by atoms with Crippen LogP contribution >= 0.6 is 15.9 Å². The second kappa shape index (κ2) is 8.02. The van der Waals surface area contributed by atoms with Crippen LogP contribution in [0.2, 0.25) is 0 Å². The summed E-state index contributed by atoms with van der Waals surface area (Å²) < 4.78 is 124. The Morgan fingerprint density at radius 1 is 0.882 bits per heavy atom. The van der Waals surface area contributed by atoms with Crippen molar-refractivity contribution in [1.82, 2.24) is 9.88 Å². The number of pyridine rings is 1. The summed E-state index contributed by atoms with van der Waals surface area (Å²) in [5.74, 6) is 0. The average Bonchev–Trinajstić information content (AvgIpc) is 3.27. The Balaban J connectivity index is 1.73. The number of hydrogen-bond acceptors (Lipinski definition) is 3. The Morgan fingerprint density at radius 3 is 2.00 bits per heavy atom. The van der Waals surface area contributed by atoms with Crippen LogP contribution in [0.4, 0.5) is 44.3 Å². The third kappa shape index (κ3) is 4.43. The predicted octanol–water partition coefficient (Wildman–Crippen LogP) is 7.30. The SMILES string of the molecule is O=C1O[C@H](c2cc(C(F)(F)F)cc(C(F)(F)F)c2)[C@@H]2CC[C@@H](c3cc(C(F)(F)F)ncc3Br)N12. The van der Waals surface area contributed by atoms with Gasteiger partial charge in [0, 0.05) is 10.7 Å². The summed E-state index contributed by atoms with van der Waals surface area (Å²) >= 11 is 3.09.